The zero-order valence-corrected chi connectivity index (χ0v) is 13.5. The molecule has 0 atom stereocenters. The number of carboxylic acid groups (broad SMARTS) is 1. The molecule has 3 rings (SSSR count). The van der Waals surface area contributed by atoms with Gasteiger partial charge in [0.2, 0.25) is 5.91 Å². The zero-order valence-electron chi connectivity index (χ0n) is 13.5. The van der Waals surface area contributed by atoms with Crippen LogP contribution in [0.3, 0.4) is 0 Å². The van der Waals surface area contributed by atoms with Crippen molar-refractivity contribution in [1.82, 2.24) is 9.97 Å². The molecule has 0 saturated carbocycles. The van der Waals surface area contributed by atoms with Gasteiger partial charge in [-0.3, -0.25) is 9.59 Å². The lowest BCUT2D eigenvalue weighted by atomic mass is 10.1. The van der Waals surface area contributed by atoms with E-state index in [1.54, 1.807) is 24.3 Å². The third-order valence-corrected chi connectivity index (χ3v) is 3.78. The number of aromatic amines is 1. The maximum absolute atomic E-state index is 12.1. The van der Waals surface area contributed by atoms with Crippen LogP contribution in [0.15, 0.2) is 47.3 Å². The molecule has 132 valence electrons. The van der Waals surface area contributed by atoms with Gasteiger partial charge in [-0.15, -0.1) is 0 Å². The molecular formula is C18H15N3O5. The number of para-hydroxylation sites is 2. The van der Waals surface area contributed by atoms with Crippen LogP contribution < -0.4 is 10.9 Å². The molecule has 0 aliphatic rings. The number of carboxylic acids is 1. The monoisotopic (exact) mass is 353 g/mol. The van der Waals surface area contributed by atoms with Crippen molar-refractivity contribution in [1.29, 1.82) is 0 Å². The van der Waals surface area contributed by atoms with Gasteiger partial charge in [0, 0.05) is 12.8 Å². The van der Waals surface area contributed by atoms with E-state index in [0.717, 1.165) is 6.07 Å². The number of carbonyl (C=O) groups excluding carboxylic acids is 1. The second-order valence-electron chi connectivity index (χ2n) is 5.62. The number of hydrogen-bond acceptors (Lipinski definition) is 5. The molecular weight excluding hydrogens is 338 g/mol. The minimum absolute atomic E-state index is 0.0193. The number of hydrogen-bond donors (Lipinski definition) is 4. The van der Waals surface area contributed by atoms with Crippen LogP contribution in [-0.2, 0) is 11.2 Å². The molecule has 3 aromatic rings. The van der Waals surface area contributed by atoms with Crippen molar-refractivity contribution < 1.29 is 19.8 Å². The van der Waals surface area contributed by atoms with E-state index in [4.69, 9.17) is 5.11 Å². The Labute approximate surface area is 147 Å². The van der Waals surface area contributed by atoms with Crippen LogP contribution in [0.2, 0.25) is 0 Å². The standard InChI is InChI=1S/C18H15N3O5/c22-15-9-10(18(25)26)5-6-13(15)20-16(23)8-7-14-17(24)21-12-4-2-1-3-11(12)19-14/h1-6,9,22H,7-8H2,(H,20,23)(H,21,24)(H,25,26). The first-order valence-corrected chi connectivity index (χ1v) is 7.78. The number of rotatable bonds is 5. The lowest BCUT2D eigenvalue weighted by Gasteiger charge is -2.08. The van der Waals surface area contributed by atoms with E-state index in [2.05, 4.69) is 15.3 Å². The fourth-order valence-electron chi connectivity index (χ4n) is 2.45. The van der Waals surface area contributed by atoms with E-state index < -0.39 is 11.9 Å². The van der Waals surface area contributed by atoms with E-state index in [1.807, 2.05) is 0 Å². The smallest absolute Gasteiger partial charge is 0.335 e. The molecule has 2 aromatic carbocycles. The van der Waals surface area contributed by atoms with E-state index in [-0.39, 0.29) is 41.1 Å². The maximum Gasteiger partial charge on any atom is 0.335 e. The number of aryl methyl sites for hydroxylation is 1. The molecule has 8 nitrogen and oxygen atoms in total. The number of nitrogens with zero attached hydrogens (tertiary/aromatic N) is 1. The molecule has 1 aromatic heterocycles. The first-order valence-electron chi connectivity index (χ1n) is 7.78. The quantitative estimate of drug-likeness (QED) is 0.518. The molecule has 0 bridgehead atoms. The largest absolute Gasteiger partial charge is 0.506 e. The van der Waals surface area contributed by atoms with Crippen molar-refractivity contribution in [2.45, 2.75) is 12.8 Å². The van der Waals surface area contributed by atoms with Crippen LogP contribution in [-0.4, -0.2) is 32.1 Å². The lowest BCUT2D eigenvalue weighted by Crippen LogP contribution is -2.19. The summed E-state index contributed by atoms with van der Waals surface area (Å²) >= 11 is 0. The van der Waals surface area contributed by atoms with Gasteiger partial charge < -0.3 is 20.5 Å². The summed E-state index contributed by atoms with van der Waals surface area (Å²) in [4.78, 5) is 41.9. The van der Waals surface area contributed by atoms with Crippen LogP contribution in [0.4, 0.5) is 5.69 Å². The Bertz CT molecular complexity index is 1060. The van der Waals surface area contributed by atoms with Crippen molar-refractivity contribution in [3.05, 3.63) is 64.1 Å². The predicted octanol–water partition coefficient (Wildman–Crippen LogP) is 1.90. The predicted molar refractivity (Wildman–Crippen MR) is 94.4 cm³/mol. The summed E-state index contributed by atoms with van der Waals surface area (Å²) in [6.45, 7) is 0. The Morgan fingerprint density at radius 3 is 2.65 bits per heavy atom. The second-order valence-corrected chi connectivity index (χ2v) is 5.62. The highest BCUT2D eigenvalue weighted by molar-refractivity contribution is 5.94. The van der Waals surface area contributed by atoms with Gasteiger partial charge >= 0.3 is 5.97 Å². The van der Waals surface area contributed by atoms with Crippen LogP contribution in [0.5, 0.6) is 5.75 Å². The Hall–Kier alpha value is -3.68. The number of phenols is 1. The summed E-state index contributed by atoms with van der Waals surface area (Å²) in [5.41, 5.74) is 1.14. The molecule has 0 aliphatic carbocycles. The molecule has 8 heteroatoms. The normalized spacial score (nSPS) is 10.6. The fraction of sp³-hybridized carbons (Fsp3) is 0.111. The number of anilines is 1. The number of nitrogens with one attached hydrogen (secondary N) is 2. The SMILES string of the molecule is O=C(CCc1nc2ccccc2[nH]c1=O)Nc1ccc(C(=O)O)cc1O. The Balaban J connectivity index is 1.69. The number of aromatic nitrogens is 2. The van der Waals surface area contributed by atoms with Crippen LogP contribution >= 0.6 is 0 Å². The minimum atomic E-state index is -1.18. The summed E-state index contributed by atoms with van der Waals surface area (Å²) < 4.78 is 0. The number of benzene rings is 2. The van der Waals surface area contributed by atoms with Gasteiger partial charge in [0.1, 0.15) is 11.4 Å². The van der Waals surface area contributed by atoms with Crippen molar-refractivity contribution in [2.75, 3.05) is 5.32 Å². The highest BCUT2D eigenvalue weighted by atomic mass is 16.4. The van der Waals surface area contributed by atoms with E-state index in [1.165, 1.54) is 12.1 Å². The molecule has 4 N–H and O–H groups in total. The topological polar surface area (TPSA) is 132 Å². The highest BCUT2D eigenvalue weighted by Crippen LogP contribution is 2.24. The third-order valence-electron chi connectivity index (χ3n) is 3.78. The number of phenolic OH excluding ortho intramolecular Hbond substituents is 1. The van der Waals surface area contributed by atoms with E-state index in [0.29, 0.717) is 11.0 Å². The molecule has 1 heterocycles. The summed E-state index contributed by atoms with van der Waals surface area (Å²) in [5, 5.41) is 21.1. The minimum Gasteiger partial charge on any atom is -0.506 e. The van der Waals surface area contributed by atoms with Crippen LogP contribution in [0.25, 0.3) is 11.0 Å². The Morgan fingerprint density at radius 2 is 1.92 bits per heavy atom. The number of aromatic hydroxyl groups is 1. The maximum atomic E-state index is 12.1. The number of carbonyl (C=O) groups is 2. The molecule has 0 spiro atoms. The lowest BCUT2D eigenvalue weighted by molar-refractivity contribution is -0.116. The van der Waals surface area contributed by atoms with Crippen molar-refractivity contribution >= 4 is 28.6 Å². The average Bonchev–Trinajstić information content (AvgIpc) is 2.61. The number of aromatic carboxylic acids is 1. The van der Waals surface area contributed by atoms with Gasteiger partial charge in [-0.1, -0.05) is 12.1 Å². The Morgan fingerprint density at radius 1 is 1.15 bits per heavy atom. The molecule has 0 aliphatic heterocycles. The summed E-state index contributed by atoms with van der Waals surface area (Å²) in [5.74, 6) is -1.96. The first-order chi connectivity index (χ1) is 12.4. The molecule has 1 amide bonds. The van der Waals surface area contributed by atoms with E-state index in [9.17, 15) is 19.5 Å². The zero-order chi connectivity index (χ0) is 18.7. The van der Waals surface area contributed by atoms with Crippen LogP contribution in [0, 0.1) is 0 Å². The second kappa shape index (κ2) is 7.06. The number of amides is 1. The molecule has 0 unspecified atom stereocenters. The van der Waals surface area contributed by atoms with Crippen molar-refractivity contribution in [2.24, 2.45) is 0 Å². The van der Waals surface area contributed by atoms with Crippen LogP contribution in [0.1, 0.15) is 22.5 Å². The van der Waals surface area contributed by atoms with Crippen molar-refractivity contribution in [3.8, 4) is 5.75 Å². The number of H-pyrrole nitrogens is 1. The van der Waals surface area contributed by atoms with Gasteiger partial charge in [-0.25, -0.2) is 9.78 Å². The fourth-order valence-corrected chi connectivity index (χ4v) is 2.45. The van der Waals surface area contributed by atoms with Gasteiger partial charge in [0.25, 0.3) is 5.56 Å². The Kier molecular flexibility index (Phi) is 4.66. The molecule has 0 fully saturated rings. The highest BCUT2D eigenvalue weighted by Gasteiger charge is 2.12. The summed E-state index contributed by atoms with van der Waals surface area (Å²) in [6.07, 6.45) is 0.106. The number of fused-ring (bicyclic) bond motifs is 1. The van der Waals surface area contributed by atoms with Crippen molar-refractivity contribution in [3.63, 3.8) is 0 Å². The average molecular weight is 353 g/mol. The summed E-state index contributed by atoms with van der Waals surface area (Å²) in [7, 11) is 0. The van der Waals surface area contributed by atoms with Gasteiger partial charge in [-0.2, -0.15) is 0 Å². The first kappa shape index (κ1) is 17.2. The molecule has 0 saturated heterocycles. The van der Waals surface area contributed by atoms with Gasteiger partial charge in [-0.05, 0) is 30.3 Å². The molecule has 26 heavy (non-hydrogen) atoms. The van der Waals surface area contributed by atoms with Gasteiger partial charge in [0.15, 0.2) is 0 Å². The van der Waals surface area contributed by atoms with Gasteiger partial charge in [0.05, 0.1) is 22.3 Å². The third kappa shape index (κ3) is 3.69. The molecule has 0 radical (unpaired) electrons. The van der Waals surface area contributed by atoms with E-state index >= 15 is 0 Å². The summed E-state index contributed by atoms with van der Waals surface area (Å²) in [6, 6.07) is 10.7.